The van der Waals surface area contributed by atoms with Crippen LogP contribution in [0.4, 0.5) is 5.69 Å². The fraction of sp³-hybridized carbons (Fsp3) is 0.438. The summed E-state index contributed by atoms with van der Waals surface area (Å²) in [6, 6.07) is 8.44. The lowest BCUT2D eigenvalue weighted by Crippen LogP contribution is -2.45. The van der Waals surface area contributed by atoms with Gasteiger partial charge in [-0.2, -0.15) is 0 Å². The van der Waals surface area contributed by atoms with E-state index in [-0.39, 0.29) is 12.2 Å². The zero-order valence-electron chi connectivity index (χ0n) is 12.1. The number of ether oxygens (including phenoxy) is 1. The molecule has 1 saturated heterocycles. The summed E-state index contributed by atoms with van der Waals surface area (Å²) < 4.78 is 6.89. The van der Waals surface area contributed by atoms with E-state index in [0.717, 1.165) is 28.8 Å². The van der Waals surface area contributed by atoms with Gasteiger partial charge in [0.2, 0.25) is 0 Å². The third kappa shape index (κ3) is 2.54. The SMILES string of the molecule is Cc1cc(N2CC(C)OC(C)C2)c2cccc(Br)c2n1. The molecule has 1 aliphatic rings. The van der Waals surface area contributed by atoms with E-state index >= 15 is 0 Å². The van der Waals surface area contributed by atoms with E-state index < -0.39 is 0 Å². The summed E-state index contributed by atoms with van der Waals surface area (Å²) in [5.74, 6) is 0. The van der Waals surface area contributed by atoms with Crippen LogP contribution in [0.2, 0.25) is 0 Å². The summed E-state index contributed by atoms with van der Waals surface area (Å²) in [5, 5.41) is 1.20. The molecule has 20 heavy (non-hydrogen) atoms. The van der Waals surface area contributed by atoms with Crippen molar-refractivity contribution in [3.8, 4) is 0 Å². The third-order valence-electron chi connectivity index (χ3n) is 3.66. The highest BCUT2D eigenvalue weighted by molar-refractivity contribution is 9.10. The van der Waals surface area contributed by atoms with Crippen LogP contribution in [0.25, 0.3) is 10.9 Å². The molecule has 2 heterocycles. The molecule has 2 unspecified atom stereocenters. The maximum Gasteiger partial charge on any atom is 0.0867 e. The average molecular weight is 335 g/mol. The van der Waals surface area contributed by atoms with Crippen LogP contribution in [-0.2, 0) is 4.74 Å². The number of para-hydroxylation sites is 1. The van der Waals surface area contributed by atoms with Crippen LogP contribution in [-0.4, -0.2) is 30.3 Å². The second-order valence-corrected chi connectivity index (χ2v) is 6.44. The Morgan fingerprint density at radius 2 is 1.95 bits per heavy atom. The lowest BCUT2D eigenvalue weighted by atomic mass is 10.1. The van der Waals surface area contributed by atoms with E-state index in [1.807, 2.05) is 6.07 Å². The molecular formula is C16H19BrN2O. The van der Waals surface area contributed by atoms with Crippen molar-refractivity contribution in [2.24, 2.45) is 0 Å². The van der Waals surface area contributed by atoms with Crippen molar-refractivity contribution in [3.63, 3.8) is 0 Å². The molecule has 0 amide bonds. The molecule has 4 heteroatoms. The molecule has 1 aromatic carbocycles. The van der Waals surface area contributed by atoms with Gasteiger partial charge in [-0.3, -0.25) is 4.98 Å². The van der Waals surface area contributed by atoms with Gasteiger partial charge in [0.15, 0.2) is 0 Å². The first kappa shape index (κ1) is 13.8. The standard InChI is InChI=1S/C16H19BrN2O/c1-10-7-15(19-8-11(2)20-12(3)9-19)13-5-4-6-14(17)16(13)18-10/h4-7,11-12H,8-9H2,1-3H3. The maximum atomic E-state index is 5.84. The van der Waals surface area contributed by atoms with Crippen LogP contribution in [0, 0.1) is 6.92 Å². The third-order valence-corrected chi connectivity index (χ3v) is 4.30. The van der Waals surface area contributed by atoms with Crippen molar-refractivity contribution in [1.82, 2.24) is 4.98 Å². The summed E-state index contributed by atoms with van der Waals surface area (Å²) >= 11 is 3.61. The first-order valence-electron chi connectivity index (χ1n) is 7.01. The first-order valence-corrected chi connectivity index (χ1v) is 7.80. The van der Waals surface area contributed by atoms with E-state index in [4.69, 9.17) is 4.74 Å². The molecule has 106 valence electrons. The Bertz CT molecular complexity index is 634. The Kier molecular flexibility index (Phi) is 3.69. The molecule has 0 bridgehead atoms. The molecule has 1 aliphatic heterocycles. The Morgan fingerprint density at radius 1 is 1.25 bits per heavy atom. The van der Waals surface area contributed by atoms with Crippen LogP contribution in [0.5, 0.6) is 0 Å². The number of nitrogens with zero attached hydrogens (tertiary/aromatic N) is 2. The van der Waals surface area contributed by atoms with Crippen LogP contribution in [0.15, 0.2) is 28.7 Å². The molecule has 1 fully saturated rings. The van der Waals surface area contributed by atoms with Gasteiger partial charge in [-0.15, -0.1) is 0 Å². The van der Waals surface area contributed by atoms with E-state index in [1.165, 1.54) is 11.1 Å². The summed E-state index contributed by atoms with van der Waals surface area (Å²) in [7, 11) is 0. The van der Waals surface area contributed by atoms with E-state index in [9.17, 15) is 0 Å². The number of halogens is 1. The molecule has 1 aromatic heterocycles. The van der Waals surface area contributed by atoms with Crippen molar-refractivity contribution in [2.75, 3.05) is 18.0 Å². The minimum atomic E-state index is 0.259. The Labute approximate surface area is 128 Å². The lowest BCUT2D eigenvalue weighted by Gasteiger charge is -2.37. The number of benzene rings is 1. The van der Waals surface area contributed by atoms with Crippen molar-refractivity contribution < 1.29 is 4.74 Å². The van der Waals surface area contributed by atoms with E-state index in [1.54, 1.807) is 0 Å². The number of pyridine rings is 1. The number of hydrogen-bond acceptors (Lipinski definition) is 3. The first-order chi connectivity index (χ1) is 9.54. The maximum absolute atomic E-state index is 5.84. The zero-order valence-corrected chi connectivity index (χ0v) is 13.6. The summed E-state index contributed by atoms with van der Waals surface area (Å²) in [4.78, 5) is 7.08. The predicted molar refractivity (Wildman–Crippen MR) is 86.4 cm³/mol. The van der Waals surface area contributed by atoms with Gasteiger partial charge in [-0.1, -0.05) is 12.1 Å². The highest BCUT2D eigenvalue weighted by atomic mass is 79.9. The number of aryl methyl sites for hydroxylation is 1. The van der Waals surface area contributed by atoms with Crippen molar-refractivity contribution >= 4 is 32.5 Å². The quantitative estimate of drug-likeness (QED) is 0.790. The van der Waals surface area contributed by atoms with E-state index in [2.05, 4.69) is 64.8 Å². The predicted octanol–water partition coefficient (Wildman–Crippen LogP) is 3.92. The molecular weight excluding hydrogens is 316 g/mol. The van der Waals surface area contributed by atoms with Gasteiger partial charge in [0.1, 0.15) is 0 Å². The van der Waals surface area contributed by atoms with Gasteiger partial charge in [-0.05, 0) is 48.8 Å². The van der Waals surface area contributed by atoms with Gasteiger partial charge >= 0.3 is 0 Å². The lowest BCUT2D eigenvalue weighted by molar-refractivity contribution is -0.00513. The molecule has 2 aromatic rings. The summed E-state index contributed by atoms with van der Waals surface area (Å²) in [5.41, 5.74) is 3.34. The van der Waals surface area contributed by atoms with Crippen molar-refractivity contribution in [1.29, 1.82) is 0 Å². The van der Waals surface area contributed by atoms with Gasteiger partial charge in [-0.25, -0.2) is 0 Å². The Morgan fingerprint density at radius 3 is 2.65 bits per heavy atom. The smallest absolute Gasteiger partial charge is 0.0867 e. The molecule has 2 atom stereocenters. The summed E-state index contributed by atoms with van der Waals surface area (Å²) in [6.07, 6.45) is 0.517. The molecule has 0 saturated carbocycles. The Balaban J connectivity index is 2.13. The molecule has 3 nitrogen and oxygen atoms in total. The van der Waals surface area contributed by atoms with Gasteiger partial charge < -0.3 is 9.64 Å². The molecule has 3 rings (SSSR count). The molecule has 0 aliphatic carbocycles. The topological polar surface area (TPSA) is 25.4 Å². The minimum absolute atomic E-state index is 0.259. The number of rotatable bonds is 1. The number of fused-ring (bicyclic) bond motifs is 1. The number of morpholine rings is 1. The minimum Gasteiger partial charge on any atom is -0.372 e. The molecule has 0 spiro atoms. The van der Waals surface area contributed by atoms with E-state index in [0.29, 0.717) is 0 Å². The fourth-order valence-electron chi connectivity index (χ4n) is 2.96. The van der Waals surface area contributed by atoms with Gasteiger partial charge in [0.05, 0.1) is 17.7 Å². The van der Waals surface area contributed by atoms with Gasteiger partial charge in [0, 0.05) is 34.3 Å². The second kappa shape index (κ2) is 5.34. The number of aromatic nitrogens is 1. The second-order valence-electron chi connectivity index (χ2n) is 5.58. The Hall–Kier alpha value is -1.13. The van der Waals surface area contributed by atoms with Crippen LogP contribution >= 0.6 is 15.9 Å². The molecule has 0 radical (unpaired) electrons. The zero-order chi connectivity index (χ0) is 14.3. The highest BCUT2D eigenvalue weighted by Gasteiger charge is 2.24. The van der Waals surface area contributed by atoms with Gasteiger partial charge in [0.25, 0.3) is 0 Å². The van der Waals surface area contributed by atoms with Crippen molar-refractivity contribution in [2.45, 2.75) is 33.0 Å². The number of hydrogen-bond donors (Lipinski definition) is 0. The summed E-state index contributed by atoms with van der Waals surface area (Å²) in [6.45, 7) is 8.17. The normalized spacial score (nSPS) is 23.3. The largest absolute Gasteiger partial charge is 0.372 e. The monoisotopic (exact) mass is 334 g/mol. The average Bonchev–Trinajstić information content (AvgIpc) is 2.38. The number of anilines is 1. The fourth-order valence-corrected chi connectivity index (χ4v) is 3.41. The molecule has 0 N–H and O–H groups in total. The van der Waals surface area contributed by atoms with Crippen LogP contribution in [0.3, 0.4) is 0 Å². The highest BCUT2D eigenvalue weighted by Crippen LogP contribution is 2.32. The van der Waals surface area contributed by atoms with Crippen LogP contribution in [0.1, 0.15) is 19.5 Å². The van der Waals surface area contributed by atoms with Crippen LogP contribution < -0.4 is 4.90 Å². The van der Waals surface area contributed by atoms with Crippen molar-refractivity contribution in [3.05, 3.63) is 34.4 Å².